The molecule has 1 aliphatic heterocycles. The van der Waals surface area contributed by atoms with E-state index in [4.69, 9.17) is 4.74 Å². The summed E-state index contributed by atoms with van der Waals surface area (Å²) in [6.45, 7) is 5.33. The lowest BCUT2D eigenvalue weighted by atomic mass is 9.85. The average Bonchev–Trinajstić information content (AvgIpc) is 2.17. The topological polar surface area (TPSA) is 22.1 Å². The summed E-state index contributed by atoms with van der Waals surface area (Å²) in [4.78, 5) is 4.23. The molecular formula is C11H15NO. The summed E-state index contributed by atoms with van der Waals surface area (Å²) in [6.07, 6.45) is 2.91. The van der Waals surface area contributed by atoms with Gasteiger partial charge in [0.25, 0.3) is 0 Å². The van der Waals surface area contributed by atoms with Gasteiger partial charge in [-0.05, 0) is 24.3 Å². The molecule has 1 unspecified atom stereocenters. The largest absolute Gasteiger partial charge is 0.477 e. The fourth-order valence-electron chi connectivity index (χ4n) is 1.94. The molecule has 1 aromatic heterocycles. The van der Waals surface area contributed by atoms with E-state index in [1.54, 1.807) is 6.20 Å². The maximum atomic E-state index is 5.49. The van der Waals surface area contributed by atoms with Crippen LogP contribution in [0.4, 0.5) is 0 Å². The van der Waals surface area contributed by atoms with Gasteiger partial charge >= 0.3 is 0 Å². The van der Waals surface area contributed by atoms with E-state index < -0.39 is 0 Å². The van der Waals surface area contributed by atoms with Crippen LogP contribution in [0.1, 0.15) is 31.7 Å². The van der Waals surface area contributed by atoms with E-state index in [1.807, 2.05) is 6.07 Å². The molecule has 0 aliphatic carbocycles. The molecule has 2 heteroatoms. The van der Waals surface area contributed by atoms with Crippen molar-refractivity contribution in [1.82, 2.24) is 4.98 Å². The van der Waals surface area contributed by atoms with Crippen LogP contribution >= 0.6 is 0 Å². The fourth-order valence-corrected chi connectivity index (χ4v) is 1.94. The van der Waals surface area contributed by atoms with E-state index in [-0.39, 0.29) is 0 Å². The molecule has 1 aliphatic rings. The third kappa shape index (κ3) is 1.53. The molecule has 0 spiro atoms. The second kappa shape index (κ2) is 3.36. The highest BCUT2D eigenvalue weighted by atomic mass is 16.5. The smallest absolute Gasteiger partial charge is 0.216 e. The maximum Gasteiger partial charge on any atom is 0.216 e. The molecule has 1 atom stereocenters. The third-order valence-electron chi connectivity index (χ3n) is 2.67. The van der Waals surface area contributed by atoms with Crippen molar-refractivity contribution >= 4 is 0 Å². The first-order valence-corrected chi connectivity index (χ1v) is 4.86. The van der Waals surface area contributed by atoms with Gasteiger partial charge in [-0.15, -0.1) is 0 Å². The number of pyridine rings is 1. The van der Waals surface area contributed by atoms with Gasteiger partial charge in [0, 0.05) is 11.8 Å². The van der Waals surface area contributed by atoms with Crippen molar-refractivity contribution in [2.45, 2.75) is 26.2 Å². The molecule has 0 radical (unpaired) electrons. The Balaban J connectivity index is 2.37. The molecule has 0 saturated carbocycles. The monoisotopic (exact) mass is 177 g/mol. The van der Waals surface area contributed by atoms with Gasteiger partial charge < -0.3 is 4.74 Å². The van der Waals surface area contributed by atoms with Crippen molar-refractivity contribution in [2.24, 2.45) is 5.92 Å². The van der Waals surface area contributed by atoms with Crippen LogP contribution in [0, 0.1) is 5.92 Å². The van der Waals surface area contributed by atoms with E-state index in [1.165, 1.54) is 5.56 Å². The third-order valence-corrected chi connectivity index (χ3v) is 2.67. The van der Waals surface area contributed by atoms with Gasteiger partial charge in [-0.3, -0.25) is 0 Å². The van der Waals surface area contributed by atoms with Crippen molar-refractivity contribution in [3.05, 3.63) is 23.9 Å². The number of nitrogens with zero attached hydrogens (tertiary/aromatic N) is 1. The Labute approximate surface area is 78.9 Å². The summed E-state index contributed by atoms with van der Waals surface area (Å²) in [5.41, 5.74) is 1.28. The lowest BCUT2D eigenvalue weighted by Gasteiger charge is -2.27. The summed E-state index contributed by atoms with van der Waals surface area (Å²) in [5.74, 6) is 2.14. The first kappa shape index (κ1) is 8.54. The van der Waals surface area contributed by atoms with Crippen LogP contribution in [0.15, 0.2) is 18.3 Å². The zero-order valence-corrected chi connectivity index (χ0v) is 8.16. The molecule has 0 saturated heterocycles. The predicted octanol–water partition coefficient (Wildman–Crippen LogP) is 2.60. The number of hydrogen-bond donors (Lipinski definition) is 0. The first-order chi connectivity index (χ1) is 6.29. The number of fused-ring (bicyclic) bond motifs is 1. The highest BCUT2D eigenvalue weighted by molar-refractivity contribution is 5.31. The normalized spacial score (nSPS) is 21.0. The van der Waals surface area contributed by atoms with E-state index in [9.17, 15) is 0 Å². The molecule has 2 rings (SSSR count). The summed E-state index contributed by atoms with van der Waals surface area (Å²) < 4.78 is 5.49. The standard InChI is InChI=1S/C11H15NO/c1-8(2)9-5-7-13-11-10(9)4-3-6-12-11/h3-4,6,8-9H,5,7H2,1-2H3. The number of aromatic nitrogens is 1. The highest BCUT2D eigenvalue weighted by Crippen LogP contribution is 2.36. The van der Waals surface area contributed by atoms with E-state index in [0.717, 1.165) is 18.9 Å². The van der Waals surface area contributed by atoms with Crippen molar-refractivity contribution in [3.8, 4) is 5.88 Å². The van der Waals surface area contributed by atoms with Gasteiger partial charge in [0.15, 0.2) is 0 Å². The van der Waals surface area contributed by atoms with Crippen LogP contribution in [-0.4, -0.2) is 11.6 Å². The number of ether oxygens (including phenoxy) is 1. The van der Waals surface area contributed by atoms with Crippen LogP contribution in [0.2, 0.25) is 0 Å². The molecule has 0 N–H and O–H groups in total. The summed E-state index contributed by atoms with van der Waals surface area (Å²) >= 11 is 0. The molecule has 0 amide bonds. The Morgan fingerprint density at radius 3 is 3.15 bits per heavy atom. The van der Waals surface area contributed by atoms with Crippen molar-refractivity contribution < 1.29 is 4.74 Å². The highest BCUT2D eigenvalue weighted by Gasteiger charge is 2.24. The molecule has 2 nitrogen and oxygen atoms in total. The summed E-state index contributed by atoms with van der Waals surface area (Å²) in [6, 6.07) is 4.12. The van der Waals surface area contributed by atoms with Crippen LogP contribution in [0.5, 0.6) is 5.88 Å². The lowest BCUT2D eigenvalue weighted by Crippen LogP contribution is -2.18. The zero-order valence-electron chi connectivity index (χ0n) is 8.16. The first-order valence-electron chi connectivity index (χ1n) is 4.86. The second-order valence-electron chi connectivity index (χ2n) is 3.89. The number of rotatable bonds is 1. The average molecular weight is 177 g/mol. The van der Waals surface area contributed by atoms with Gasteiger partial charge in [0.05, 0.1) is 6.61 Å². The van der Waals surface area contributed by atoms with Gasteiger partial charge in [-0.25, -0.2) is 4.98 Å². The Morgan fingerprint density at radius 1 is 1.54 bits per heavy atom. The van der Waals surface area contributed by atoms with E-state index in [2.05, 4.69) is 24.9 Å². The van der Waals surface area contributed by atoms with Gasteiger partial charge in [0.1, 0.15) is 0 Å². The Morgan fingerprint density at radius 2 is 2.38 bits per heavy atom. The molecule has 0 bridgehead atoms. The van der Waals surface area contributed by atoms with Gasteiger partial charge in [0.2, 0.25) is 5.88 Å². The minimum absolute atomic E-state index is 0.623. The van der Waals surface area contributed by atoms with Crippen molar-refractivity contribution in [3.63, 3.8) is 0 Å². The Kier molecular flexibility index (Phi) is 2.21. The predicted molar refractivity (Wildman–Crippen MR) is 51.9 cm³/mol. The molecule has 0 aromatic carbocycles. The molecule has 70 valence electrons. The Bertz CT molecular complexity index is 296. The minimum Gasteiger partial charge on any atom is -0.477 e. The summed E-state index contributed by atoms with van der Waals surface area (Å²) in [5, 5.41) is 0. The second-order valence-corrected chi connectivity index (χ2v) is 3.89. The molecule has 13 heavy (non-hydrogen) atoms. The maximum absolute atomic E-state index is 5.49. The fraction of sp³-hybridized carbons (Fsp3) is 0.545. The van der Waals surface area contributed by atoms with Crippen molar-refractivity contribution in [1.29, 1.82) is 0 Å². The van der Waals surface area contributed by atoms with E-state index in [0.29, 0.717) is 11.8 Å². The molecule has 2 heterocycles. The van der Waals surface area contributed by atoms with Crippen molar-refractivity contribution in [2.75, 3.05) is 6.61 Å². The zero-order chi connectivity index (χ0) is 9.26. The van der Waals surface area contributed by atoms with Gasteiger partial charge in [-0.2, -0.15) is 0 Å². The molecule has 1 aromatic rings. The van der Waals surface area contributed by atoms with Crippen LogP contribution in [-0.2, 0) is 0 Å². The number of hydrogen-bond acceptors (Lipinski definition) is 2. The summed E-state index contributed by atoms with van der Waals surface area (Å²) in [7, 11) is 0. The van der Waals surface area contributed by atoms with Gasteiger partial charge in [-0.1, -0.05) is 19.9 Å². The lowest BCUT2D eigenvalue weighted by molar-refractivity contribution is 0.237. The van der Waals surface area contributed by atoms with E-state index >= 15 is 0 Å². The molecular weight excluding hydrogens is 162 g/mol. The molecule has 0 fully saturated rings. The van der Waals surface area contributed by atoms with Crippen LogP contribution < -0.4 is 4.74 Å². The minimum atomic E-state index is 0.623. The van der Waals surface area contributed by atoms with Crippen LogP contribution in [0.25, 0.3) is 0 Å². The Hall–Kier alpha value is -1.05. The van der Waals surface area contributed by atoms with Crippen LogP contribution in [0.3, 0.4) is 0 Å². The SMILES string of the molecule is CC(C)C1CCOc2ncccc21. The quantitative estimate of drug-likeness (QED) is 0.657.